The maximum atomic E-state index is 13.1. The molecule has 0 saturated heterocycles. The lowest BCUT2D eigenvalue weighted by Gasteiger charge is -2.10. The fraction of sp³-hybridized carbons (Fsp3) is 0.188. The molecule has 0 aliphatic rings. The van der Waals surface area contributed by atoms with Gasteiger partial charge in [0.2, 0.25) is 0 Å². The quantitative estimate of drug-likeness (QED) is 0.853. The molecule has 2 aromatic carbocycles. The Morgan fingerprint density at radius 1 is 1.10 bits per heavy atom. The van der Waals surface area contributed by atoms with E-state index >= 15 is 0 Å². The molecule has 2 rings (SSSR count). The molecule has 0 spiro atoms. The summed E-state index contributed by atoms with van der Waals surface area (Å²) in [5, 5.41) is 2.67. The normalized spacial score (nSPS) is 10.5. The Hall–Kier alpha value is -2.43. The van der Waals surface area contributed by atoms with E-state index in [2.05, 4.69) is 5.32 Å². The van der Waals surface area contributed by atoms with E-state index in [4.69, 9.17) is 5.73 Å². The van der Waals surface area contributed by atoms with Crippen LogP contribution in [0.3, 0.4) is 0 Å². The number of hydrogen-bond acceptors (Lipinski definition) is 2. The minimum atomic E-state index is -0.933. The average molecular weight is 290 g/mol. The Balaban J connectivity index is 2.11. The molecule has 2 aromatic rings. The van der Waals surface area contributed by atoms with E-state index in [1.165, 1.54) is 6.07 Å². The number of nitrogens with one attached hydrogen (secondary N) is 1. The molecular formula is C16H16F2N2O. The van der Waals surface area contributed by atoms with Crippen molar-refractivity contribution in [3.63, 3.8) is 0 Å². The zero-order valence-electron chi connectivity index (χ0n) is 11.8. The van der Waals surface area contributed by atoms with Crippen LogP contribution in [0.2, 0.25) is 0 Å². The number of nitrogen functional groups attached to an aromatic ring is 1. The van der Waals surface area contributed by atoms with Crippen LogP contribution in [-0.4, -0.2) is 5.91 Å². The van der Waals surface area contributed by atoms with Gasteiger partial charge in [0, 0.05) is 17.8 Å². The minimum Gasteiger partial charge on any atom is -0.398 e. The predicted molar refractivity (Wildman–Crippen MR) is 77.9 cm³/mol. The van der Waals surface area contributed by atoms with Crippen LogP contribution in [0.1, 0.15) is 27.0 Å². The number of amides is 1. The summed E-state index contributed by atoms with van der Waals surface area (Å²) in [6.45, 7) is 3.80. The summed E-state index contributed by atoms with van der Waals surface area (Å²) in [5.74, 6) is -2.14. The van der Waals surface area contributed by atoms with Gasteiger partial charge in [0.15, 0.2) is 11.6 Å². The molecule has 0 atom stereocenters. The van der Waals surface area contributed by atoms with Crippen LogP contribution in [0.15, 0.2) is 30.3 Å². The number of aryl methyl sites for hydroxylation is 2. The summed E-state index contributed by atoms with van der Waals surface area (Å²) in [6.07, 6.45) is 0. The number of nitrogens with two attached hydrogens (primary N) is 1. The van der Waals surface area contributed by atoms with Crippen molar-refractivity contribution in [1.82, 2.24) is 5.32 Å². The molecule has 0 aliphatic carbocycles. The molecule has 110 valence electrons. The first-order chi connectivity index (χ1) is 9.88. The third-order valence-corrected chi connectivity index (χ3v) is 3.29. The Morgan fingerprint density at radius 2 is 1.81 bits per heavy atom. The zero-order valence-corrected chi connectivity index (χ0v) is 11.8. The van der Waals surface area contributed by atoms with Crippen molar-refractivity contribution in [2.45, 2.75) is 20.4 Å². The van der Waals surface area contributed by atoms with Gasteiger partial charge in [-0.15, -0.1) is 0 Å². The van der Waals surface area contributed by atoms with Gasteiger partial charge < -0.3 is 11.1 Å². The van der Waals surface area contributed by atoms with E-state index in [1.54, 1.807) is 6.07 Å². The summed E-state index contributed by atoms with van der Waals surface area (Å²) in [6, 6.07) is 6.97. The third kappa shape index (κ3) is 3.37. The molecule has 3 N–H and O–H groups in total. The highest BCUT2D eigenvalue weighted by molar-refractivity contribution is 5.96. The topological polar surface area (TPSA) is 55.1 Å². The summed E-state index contributed by atoms with van der Waals surface area (Å²) < 4.78 is 25.9. The number of carbonyl (C=O) groups excluding carboxylic acids is 1. The van der Waals surface area contributed by atoms with Crippen LogP contribution in [0.5, 0.6) is 0 Å². The van der Waals surface area contributed by atoms with Crippen LogP contribution in [0.4, 0.5) is 14.5 Å². The maximum Gasteiger partial charge on any atom is 0.251 e. The first kappa shape index (κ1) is 15.0. The lowest BCUT2D eigenvalue weighted by molar-refractivity contribution is 0.0950. The molecule has 0 saturated carbocycles. The van der Waals surface area contributed by atoms with E-state index in [9.17, 15) is 13.6 Å². The predicted octanol–water partition coefficient (Wildman–Crippen LogP) is 3.09. The highest BCUT2D eigenvalue weighted by Crippen LogP contribution is 2.18. The van der Waals surface area contributed by atoms with Crippen LogP contribution < -0.4 is 11.1 Å². The van der Waals surface area contributed by atoms with Crippen molar-refractivity contribution < 1.29 is 13.6 Å². The second-order valence-corrected chi connectivity index (χ2v) is 4.95. The van der Waals surface area contributed by atoms with E-state index in [0.29, 0.717) is 16.8 Å². The van der Waals surface area contributed by atoms with Gasteiger partial charge in [0.25, 0.3) is 5.91 Å². The van der Waals surface area contributed by atoms with Crippen molar-refractivity contribution in [2.75, 3.05) is 5.73 Å². The lowest BCUT2D eigenvalue weighted by atomic mass is 10.0. The third-order valence-electron chi connectivity index (χ3n) is 3.29. The van der Waals surface area contributed by atoms with Crippen molar-refractivity contribution in [3.8, 4) is 0 Å². The molecule has 1 amide bonds. The fourth-order valence-corrected chi connectivity index (χ4v) is 2.04. The Bertz CT molecular complexity index is 699. The number of rotatable bonds is 3. The molecule has 0 unspecified atom stereocenters. The van der Waals surface area contributed by atoms with Gasteiger partial charge >= 0.3 is 0 Å². The van der Waals surface area contributed by atoms with Crippen LogP contribution in [-0.2, 0) is 6.54 Å². The minimum absolute atomic E-state index is 0.114. The van der Waals surface area contributed by atoms with Gasteiger partial charge in [-0.25, -0.2) is 8.78 Å². The van der Waals surface area contributed by atoms with Gasteiger partial charge in [-0.1, -0.05) is 12.1 Å². The first-order valence-corrected chi connectivity index (χ1v) is 6.47. The van der Waals surface area contributed by atoms with E-state index in [-0.39, 0.29) is 12.5 Å². The average Bonchev–Trinajstić information content (AvgIpc) is 2.44. The molecule has 0 fully saturated rings. The number of hydrogen-bond donors (Lipinski definition) is 2. The van der Waals surface area contributed by atoms with Crippen LogP contribution >= 0.6 is 0 Å². The van der Waals surface area contributed by atoms with Crippen LogP contribution in [0, 0.1) is 25.5 Å². The van der Waals surface area contributed by atoms with Crippen molar-refractivity contribution in [1.29, 1.82) is 0 Å². The van der Waals surface area contributed by atoms with E-state index < -0.39 is 11.6 Å². The van der Waals surface area contributed by atoms with E-state index in [0.717, 1.165) is 23.3 Å². The molecule has 0 heterocycles. The number of carbonyl (C=O) groups is 1. The molecule has 3 nitrogen and oxygen atoms in total. The highest BCUT2D eigenvalue weighted by Gasteiger charge is 2.11. The molecule has 5 heteroatoms. The van der Waals surface area contributed by atoms with Crippen molar-refractivity contribution in [2.24, 2.45) is 0 Å². The monoisotopic (exact) mass is 290 g/mol. The molecule has 0 bridgehead atoms. The van der Waals surface area contributed by atoms with Gasteiger partial charge in [0.05, 0.1) is 0 Å². The lowest BCUT2D eigenvalue weighted by Crippen LogP contribution is -2.24. The summed E-state index contributed by atoms with van der Waals surface area (Å²) in [7, 11) is 0. The Kier molecular flexibility index (Phi) is 4.21. The molecular weight excluding hydrogens is 274 g/mol. The number of halogens is 2. The van der Waals surface area contributed by atoms with Crippen molar-refractivity contribution >= 4 is 11.6 Å². The molecule has 0 radical (unpaired) electrons. The Morgan fingerprint density at radius 3 is 2.48 bits per heavy atom. The standard InChI is InChI=1S/C16H16F2N2O/c1-9-5-10(2)15(19)7-12(9)16(21)20-8-11-3-4-13(17)14(18)6-11/h3-7H,8,19H2,1-2H3,(H,20,21). The molecule has 0 aliphatic heterocycles. The number of benzene rings is 2. The second-order valence-electron chi connectivity index (χ2n) is 4.95. The second kappa shape index (κ2) is 5.91. The summed E-state index contributed by atoms with van der Waals surface area (Å²) in [4.78, 5) is 12.1. The summed E-state index contributed by atoms with van der Waals surface area (Å²) >= 11 is 0. The zero-order chi connectivity index (χ0) is 15.6. The van der Waals surface area contributed by atoms with Gasteiger partial charge in [-0.05, 0) is 48.7 Å². The van der Waals surface area contributed by atoms with Gasteiger partial charge in [0.1, 0.15) is 0 Å². The Labute approximate surface area is 121 Å². The maximum absolute atomic E-state index is 13.1. The molecule has 21 heavy (non-hydrogen) atoms. The van der Waals surface area contributed by atoms with Gasteiger partial charge in [-0.3, -0.25) is 4.79 Å². The molecule has 0 aromatic heterocycles. The fourth-order valence-electron chi connectivity index (χ4n) is 2.04. The smallest absolute Gasteiger partial charge is 0.251 e. The highest BCUT2D eigenvalue weighted by atomic mass is 19.2. The van der Waals surface area contributed by atoms with Gasteiger partial charge in [-0.2, -0.15) is 0 Å². The number of anilines is 1. The van der Waals surface area contributed by atoms with Crippen molar-refractivity contribution in [3.05, 3.63) is 64.2 Å². The SMILES string of the molecule is Cc1cc(C)c(C(=O)NCc2ccc(F)c(F)c2)cc1N. The van der Waals surface area contributed by atoms with Crippen LogP contribution in [0.25, 0.3) is 0 Å². The largest absolute Gasteiger partial charge is 0.398 e. The first-order valence-electron chi connectivity index (χ1n) is 6.47. The summed E-state index contributed by atoms with van der Waals surface area (Å²) in [5.41, 5.74) is 9.02. The van der Waals surface area contributed by atoms with E-state index in [1.807, 2.05) is 19.9 Å².